The molecule has 0 aliphatic heterocycles. The van der Waals surface area contributed by atoms with E-state index >= 15 is 0 Å². The minimum Gasteiger partial charge on any atom is -0.337 e. The molecule has 0 N–H and O–H groups in total. The molecule has 0 unspecified atom stereocenters. The largest absolute Gasteiger partial charge is 0.337 e. The highest BCUT2D eigenvalue weighted by Gasteiger charge is 2.36. The van der Waals surface area contributed by atoms with Gasteiger partial charge in [-0.3, -0.25) is 4.79 Å². The lowest BCUT2D eigenvalue weighted by atomic mass is 10.0. The van der Waals surface area contributed by atoms with Gasteiger partial charge in [0.2, 0.25) is 5.91 Å². The summed E-state index contributed by atoms with van der Waals surface area (Å²) in [5.41, 5.74) is 0. The molecule has 0 aromatic carbocycles. The summed E-state index contributed by atoms with van der Waals surface area (Å²) in [6, 6.07) is 0.959. The van der Waals surface area contributed by atoms with Crippen LogP contribution >= 0.6 is 0 Å². The molecule has 2 nitrogen and oxygen atoms in total. The molecule has 0 aromatic heterocycles. The van der Waals surface area contributed by atoms with Crippen LogP contribution in [0.2, 0.25) is 0 Å². The number of amides is 1. The van der Waals surface area contributed by atoms with E-state index in [1.54, 1.807) is 0 Å². The van der Waals surface area contributed by atoms with Crippen molar-refractivity contribution < 1.29 is 4.79 Å². The third kappa shape index (κ3) is 3.51. The Morgan fingerprint density at radius 1 is 1.20 bits per heavy atom. The zero-order valence-electron chi connectivity index (χ0n) is 10.8. The van der Waals surface area contributed by atoms with Crippen LogP contribution in [0.5, 0.6) is 0 Å². The molecule has 1 aliphatic carbocycles. The Kier molecular flexibility index (Phi) is 4.18. The van der Waals surface area contributed by atoms with Crippen molar-refractivity contribution in [2.75, 3.05) is 0 Å². The fraction of sp³-hybridized carbons (Fsp3) is 0.923. The number of hydrogen-bond acceptors (Lipinski definition) is 1. The van der Waals surface area contributed by atoms with Crippen molar-refractivity contribution in [1.82, 2.24) is 4.90 Å². The summed E-state index contributed by atoms with van der Waals surface area (Å²) in [7, 11) is 0. The molecular formula is C13H25NO. The van der Waals surface area contributed by atoms with Gasteiger partial charge in [0.1, 0.15) is 0 Å². The Bertz CT molecular complexity index is 219. The highest BCUT2D eigenvalue weighted by atomic mass is 16.2. The summed E-state index contributed by atoms with van der Waals surface area (Å²) >= 11 is 0. The summed E-state index contributed by atoms with van der Waals surface area (Å²) in [5, 5.41) is 0. The molecule has 2 heteroatoms. The normalized spacial score (nSPS) is 18.3. The van der Waals surface area contributed by atoms with Gasteiger partial charge < -0.3 is 4.90 Å². The molecule has 0 radical (unpaired) electrons. The van der Waals surface area contributed by atoms with E-state index in [1.165, 1.54) is 12.8 Å². The first-order chi connectivity index (χ1) is 6.93. The first-order valence-corrected chi connectivity index (χ1v) is 6.25. The van der Waals surface area contributed by atoms with Crippen molar-refractivity contribution in [3.05, 3.63) is 0 Å². The van der Waals surface area contributed by atoms with Gasteiger partial charge in [-0.1, -0.05) is 27.7 Å². The number of rotatable bonds is 5. The molecule has 1 amide bonds. The molecule has 0 spiro atoms. The van der Waals surface area contributed by atoms with Gasteiger partial charge in [-0.25, -0.2) is 0 Å². The monoisotopic (exact) mass is 211 g/mol. The summed E-state index contributed by atoms with van der Waals surface area (Å²) < 4.78 is 0. The summed E-state index contributed by atoms with van der Waals surface area (Å²) in [6.45, 7) is 10.6. The number of carbonyl (C=O) groups is 1. The number of hydrogen-bond donors (Lipinski definition) is 0. The van der Waals surface area contributed by atoms with E-state index < -0.39 is 0 Å². The van der Waals surface area contributed by atoms with Crippen LogP contribution in [0.3, 0.4) is 0 Å². The van der Waals surface area contributed by atoms with Gasteiger partial charge in [0.05, 0.1) is 0 Å². The molecule has 1 saturated carbocycles. The van der Waals surface area contributed by atoms with E-state index in [0.29, 0.717) is 23.9 Å². The van der Waals surface area contributed by atoms with Crippen molar-refractivity contribution >= 4 is 5.91 Å². The second-order valence-corrected chi connectivity index (χ2v) is 5.61. The van der Waals surface area contributed by atoms with Crippen molar-refractivity contribution in [1.29, 1.82) is 0 Å². The van der Waals surface area contributed by atoms with Crippen molar-refractivity contribution in [2.45, 2.75) is 66.0 Å². The van der Waals surface area contributed by atoms with Gasteiger partial charge in [0, 0.05) is 18.0 Å². The van der Waals surface area contributed by atoms with E-state index in [0.717, 1.165) is 6.42 Å². The van der Waals surface area contributed by atoms with Crippen LogP contribution in [-0.4, -0.2) is 22.9 Å². The lowest BCUT2D eigenvalue weighted by molar-refractivity contribution is -0.137. The first-order valence-electron chi connectivity index (χ1n) is 6.25. The maximum atomic E-state index is 12.1. The van der Waals surface area contributed by atoms with E-state index in [9.17, 15) is 4.79 Å². The van der Waals surface area contributed by atoms with Gasteiger partial charge >= 0.3 is 0 Å². The van der Waals surface area contributed by atoms with E-state index in [-0.39, 0.29) is 5.92 Å². The fourth-order valence-electron chi connectivity index (χ4n) is 2.20. The van der Waals surface area contributed by atoms with Crippen LogP contribution in [-0.2, 0) is 4.79 Å². The van der Waals surface area contributed by atoms with Crippen molar-refractivity contribution in [3.8, 4) is 0 Å². The maximum absolute atomic E-state index is 12.1. The Balaban J connectivity index is 2.60. The topological polar surface area (TPSA) is 20.3 Å². The van der Waals surface area contributed by atoms with Gasteiger partial charge in [-0.2, -0.15) is 0 Å². The zero-order valence-corrected chi connectivity index (χ0v) is 10.8. The highest BCUT2D eigenvalue weighted by molar-refractivity contribution is 5.79. The van der Waals surface area contributed by atoms with Crippen LogP contribution in [0.4, 0.5) is 0 Å². The predicted molar refractivity (Wildman–Crippen MR) is 63.6 cm³/mol. The highest BCUT2D eigenvalue weighted by Crippen LogP contribution is 2.31. The molecule has 1 fully saturated rings. The second kappa shape index (κ2) is 5.00. The number of nitrogens with zero attached hydrogens (tertiary/aromatic N) is 1. The average Bonchev–Trinajstić information content (AvgIpc) is 2.86. The lowest BCUT2D eigenvalue weighted by Gasteiger charge is -2.32. The van der Waals surface area contributed by atoms with Crippen LogP contribution in [0.15, 0.2) is 0 Å². The fourth-order valence-corrected chi connectivity index (χ4v) is 2.20. The third-order valence-electron chi connectivity index (χ3n) is 2.98. The summed E-state index contributed by atoms with van der Waals surface area (Å²) in [4.78, 5) is 14.2. The molecule has 1 atom stereocenters. The van der Waals surface area contributed by atoms with Gasteiger partial charge in [-0.15, -0.1) is 0 Å². The molecule has 0 aromatic rings. The standard InChI is InChI=1S/C13H25NO/c1-9(2)8-11(5)14(12-6-7-12)13(15)10(3)4/h9-12H,6-8H2,1-5H3/t11-/m1/s1. The molecule has 0 saturated heterocycles. The first kappa shape index (κ1) is 12.5. The molecule has 15 heavy (non-hydrogen) atoms. The number of carbonyl (C=O) groups excluding carboxylic acids is 1. The Morgan fingerprint density at radius 3 is 2.07 bits per heavy atom. The van der Waals surface area contributed by atoms with Gasteiger partial charge in [0.25, 0.3) is 0 Å². The molecule has 0 bridgehead atoms. The summed E-state index contributed by atoms with van der Waals surface area (Å²) in [6.07, 6.45) is 3.54. The molecule has 1 rings (SSSR count). The van der Waals surface area contributed by atoms with Crippen LogP contribution in [0.25, 0.3) is 0 Å². The zero-order chi connectivity index (χ0) is 11.6. The van der Waals surface area contributed by atoms with E-state index in [1.807, 2.05) is 13.8 Å². The Hall–Kier alpha value is -0.530. The Morgan fingerprint density at radius 2 is 1.73 bits per heavy atom. The maximum Gasteiger partial charge on any atom is 0.225 e. The third-order valence-corrected chi connectivity index (χ3v) is 2.98. The average molecular weight is 211 g/mol. The predicted octanol–water partition coefficient (Wildman–Crippen LogP) is 3.07. The molecule has 1 aliphatic rings. The minimum atomic E-state index is 0.139. The molecule has 88 valence electrons. The van der Waals surface area contributed by atoms with Crippen molar-refractivity contribution in [3.63, 3.8) is 0 Å². The quantitative estimate of drug-likeness (QED) is 0.684. The van der Waals surface area contributed by atoms with Crippen LogP contribution in [0.1, 0.15) is 53.9 Å². The smallest absolute Gasteiger partial charge is 0.225 e. The Labute approximate surface area is 94.0 Å². The molecule has 0 heterocycles. The van der Waals surface area contributed by atoms with Gasteiger partial charge in [0.15, 0.2) is 0 Å². The molecular weight excluding hydrogens is 186 g/mol. The minimum absolute atomic E-state index is 0.139. The van der Waals surface area contributed by atoms with Crippen molar-refractivity contribution in [2.24, 2.45) is 11.8 Å². The van der Waals surface area contributed by atoms with E-state index in [4.69, 9.17) is 0 Å². The summed E-state index contributed by atoms with van der Waals surface area (Å²) in [5.74, 6) is 1.15. The van der Waals surface area contributed by atoms with E-state index in [2.05, 4.69) is 25.7 Å². The SMILES string of the molecule is CC(C)C[C@@H](C)N(C(=O)C(C)C)C1CC1. The van der Waals surface area contributed by atoms with Crippen LogP contribution in [0, 0.1) is 11.8 Å². The van der Waals surface area contributed by atoms with Crippen LogP contribution < -0.4 is 0 Å². The lowest BCUT2D eigenvalue weighted by Crippen LogP contribution is -2.43. The van der Waals surface area contributed by atoms with Gasteiger partial charge in [-0.05, 0) is 32.1 Å². The second-order valence-electron chi connectivity index (χ2n) is 5.61.